The molecule has 0 aliphatic heterocycles. The molecule has 0 bridgehead atoms. The Bertz CT molecular complexity index is 736. The number of aromatic nitrogens is 3. The third kappa shape index (κ3) is 1.70. The van der Waals surface area contributed by atoms with Crippen LogP contribution in [0.2, 0.25) is 10.0 Å². The summed E-state index contributed by atoms with van der Waals surface area (Å²) < 4.78 is 1.78. The van der Waals surface area contributed by atoms with E-state index in [1.54, 1.807) is 22.7 Å². The molecule has 0 saturated carbocycles. The van der Waals surface area contributed by atoms with Crippen molar-refractivity contribution in [3.8, 4) is 11.4 Å². The van der Waals surface area contributed by atoms with E-state index in [-0.39, 0.29) is 0 Å². The third-order valence-corrected chi connectivity index (χ3v) is 3.21. The van der Waals surface area contributed by atoms with Crippen LogP contribution >= 0.6 is 23.2 Å². The molecule has 2 heterocycles. The molecule has 0 amide bonds. The number of halogens is 2. The van der Waals surface area contributed by atoms with Gasteiger partial charge in [-0.15, -0.1) is 10.2 Å². The lowest BCUT2D eigenvalue weighted by atomic mass is 10.2. The largest absolute Gasteiger partial charge is 0.394 e. The number of hydrogen-bond acceptors (Lipinski definition) is 3. The molecule has 0 atom stereocenters. The van der Waals surface area contributed by atoms with Crippen LogP contribution in [0.25, 0.3) is 17.0 Å². The van der Waals surface area contributed by atoms with Crippen LogP contribution in [-0.2, 0) is 0 Å². The Morgan fingerprint density at radius 2 is 1.94 bits per heavy atom. The lowest BCUT2D eigenvalue weighted by molar-refractivity contribution is 1.11. The molecule has 0 aliphatic carbocycles. The number of nitrogens with zero attached hydrogens (tertiary/aromatic N) is 3. The molecule has 3 aromatic rings. The summed E-state index contributed by atoms with van der Waals surface area (Å²) in [5.41, 5.74) is 7.69. The average Bonchev–Trinajstić information content (AvgIpc) is 2.78. The number of hydrogen-bond donors (Lipinski definition) is 1. The van der Waals surface area contributed by atoms with Gasteiger partial charge in [0.25, 0.3) is 0 Å². The van der Waals surface area contributed by atoms with E-state index in [1.165, 1.54) is 0 Å². The first-order valence-electron chi connectivity index (χ1n) is 5.21. The first-order valence-corrected chi connectivity index (χ1v) is 5.97. The van der Waals surface area contributed by atoms with E-state index in [9.17, 15) is 0 Å². The van der Waals surface area contributed by atoms with Crippen molar-refractivity contribution in [2.75, 3.05) is 5.73 Å². The van der Waals surface area contributed by atoms with E-state index < -0.39 is 0 Å². The maximum Gasteiger partial charge on any atom is 0.185 e. The molecular weight excluding hydrogens is 271 g/mol. The molecule has 2 N–H and O–H groups in total. The summed E-state index contributed by atoms with van der Waals surface area (Å²) in [5, 5.41) is 9.28. The Kier molecular flexibility index (Phi) is 2.61. The molecule has 2 aromatic heterocycles. The SMILES string of the molecule is Nc1c(Cl)ccn2c(-c3cccc(Cl)c3)nnc12. The third-order valence-electron chi connectivity index (χ3n) is 2.65. The summed E-state index contributed by atoms with van der Waals surface area (Å²) >= 11 is 11.9. The zero-order chi connectivity index (χ0) is 12.7. The van der Waals surface area contributed by atoms with Crippen molar-refractivity contribution in [3.05, 3.63) is 46.6 Å². The van der Waals surface area contributed by atoms with Gasteiger partial charge in [0.1, 0.15) is 0 Å². The summed E-state index contributed by atoms with van der Waals surface area (Å²) in [6.07, 6.45) is 1.78. The van der Waals surface area contributed by atoms with Crippen molar-refractivity contribution in [1.29, 1.82) is 0 Å². The number of pyridine rings is 1. The molecule has 4 nitrogen and oxygen atoms in total. The Hall–Kier alpha value is -1.78. The Balaban J connectivity index is 2.28. The summed E-state index contributed by atoms with van der Waals surface area (Å²) in [5.74, 6) is 0.677. The minimum atomic E-state index is 0.417. The predicted molar refractivity (Wildman–Crippen MR) is 72.9 cm³/mol. The second kappa shape index (κ2) is 4.15. The predicted octanol–water partition coefficient (Wildman–Crippen LogP) is 3.29. The highest BCUT2D eigenvalue weighted by molar-refractivity contribution is 6.33. The molecule has 0 aliphatic rings. The highest BCUT2D eigenvalue weighted by Crippen LogP contribution is 2.27. The monoisotopic (exact) mass is 278 g/mol. The zero-order valence-corrected chi connectivity index (χ0v) is 10.7. The zero-order valence-electron chi connectivity index (χ0n) is 9.14. The van der Waals surface area contributed by atoms with Crippen LogP contribution in [0.15, 0.2) is 36.5 Å². The lowest BCUT2D eigenvalue weighted by Crippen LogP contribution is -1.94. The molecule has 90 valence electrons. The van der Waals surface area contributed by atoms with Gasteiger partial charge in [-0.1, -0.05) is 35.3 Å². The van der Waals surface area contributed by atoms with Gasteiger partial charge >= 0.3 is 0 Å². The van der Waals surface area contributed by atoms with Gasteiger partial charge in [0, 0.05) is 16.8 Å². The van der Waals surface area contributed by atoms with Crippen molar-refractivity contribution < 1.29 is 0 Å². The van der Waals surface area contributed by atoms with Crippen molar-refractivity contribution in [2.45, 2.75) is 0 Å². The Morgan fingerprint density at radius 1 is 1.11 bits per heavy atom. The van der Waals surface area contributed by atoms with Crippen molar-refractivity contribution in [2.24, 2.45) is 0 Å². The van der Waals surface area contributed by atoms with E-state index in [4.69, 9.17) is 28.9 Å². The fourth-order valence-corrected chi connectivity index (χ4v) is 2.11. The second-order valence-electron chi connectivity index (χ2n) is 3.80. The smallest absolute Gasteiger partial charge is 0.185 e. The molecule has 3 rings (SSSR count). The molecule has 0 fully saturated rings. The van der Waals surface area contributed by atoms with Gasteiger partial charge in [-0.3, -0.25) is 4.40 Å². The molecule has 6 heteroatoms. The summed E-state index contributed by atoms with van der Waals surface area (Å²) in [6, 6.07) is 9.11. The van der Waals surface area contributed by atoms with Crippen LogP contribution in [0.3, 0.4) is 0 Å². The molecule has 0 radical (unpaired) electrons. The van der Waals surface area contributed by atoms with Crippen LogP contribution in [0, 0.1) is 0 Å². The molecule has 0 unspecified atom stereocenters. The number of rotatable bonds is 1. The minimum absolute atomic E-state index is 0.417. The average molecular weight is 279 g/mol. The molecule has 1 aromatic carbocycles. The number of nitrogen functional groups attached to an aromatic ring is 1. The Labute approximate surface area is 113 Å². The van der Waals surface area contributed by atoms with Crippen LogP contribution in [0.5, 0.6) is 0 Å². The van der Waals surface area contributed by atoms with Gasteiger partial charge in [-0.25, -0.2) is 0 Å². The number of nitrogens with two attached hydrogens (primary N) is 1. The van der Waals surface area contributed by atoms with Crippen molar-refractivity contribution in [3.63, 3.8) is 0 Å². The van der Waals surface area contributed by atoms with Crippen LogP contribution in [0.4, 0.5) is 5.69 Å². The Morgan fingerprint density at radius 3 is 2.72 bits per heavy atom. The second-order valence-corrected chi connectivity index (χ2v) is 4.65. The van der Waals surface area contributed by atoms with Gasteiger partial charge in [-0.2, -0.15) is 0 Å². The van der Waals surface area contributed by atoms with Gasteiger partial charge in [-0.05, 0) is 18.2 Å². The van der Waals surface area contributed by atoms with E-state index >= 15 is 0 Å². The maximum atomic E-state index is 5.97. The lowest BCUT2D eigenvalue weighted by Gasteiger charge is -2.03. The van der Waals surface area contributed by atoms with Crippen LogP contribution in [0.1, 0.15) is 0 Å². The van der Waals surface area contributed by atoms with E-state index in [2.05, 4.69) is 10.2 Å². The highest BCUT2D eigenvalue weighted by atomic mass is 35.5. The van der Waals surface area contributed by atoms with Gasteiger partial charge in [0.2, 0.25) is 0 Å². The molecule has 0 saturated heterocycles. The van der Waals surface area contributed by atoms with Gasteiger partial charge < -0.3 is 5.73 Å². The fourth-order valence-electron chi connectivity index (χ4n) is 1.78. The topological polar surface area (TPSA) is 56.2 Å². The first-order chi connectivity index (χ1) is 8.66. The van der Waals surface area contributed by atoms with Crippen LogP contribution in [-0.4, -0.2) is 14.6 Å². The minimum Gasteiger partial charge on any atom is -0.394 e. The van der Waals surface area contributed by atoms with E-state index in [0.717, 1.165) is 5.56 Å². The van der Waals surface area contributed by atoms with E-state index in [0.29, 0.717) is 27.2 Å². The highest BCUT2D eigenvalue weighted by Gasteiger charge is 2.11. The summed E-state index contributed by atoms with van der Waals surface area (Å²) in [4.78, 5) is 0. The van der Waals surface area contributed by atoms with E-state index in [1.807, 2.05) is 18.2 Å². The van der Waals surface area contributed by atoms with Crippen molar-refractivity contribution in [1.82, 2.24) is 14.6 Å². The van der Waals surface area contributed by atoms with Crippen molar-refractivity contribution >= 4 is 34.5 Å². The number of benzene rings is 1. The molecule has 18 heavy (non-hydrogen) atoms. The quantitative estimate of drug-likeness (QED) is 0.743. The van der Waals surface area contributed by atoms with Crippen LogP contribution < -0.4 is 5.73 Å². The summed E-state index contributed by atoms with van der Waals surface area (Å²) in [6.45, 7) is 0. The standard InChI is InChI=1S/C12H8Cl2N4/c13-8-3-1-2-7(6-8)11-16-17-12-10(15)9(14)4-5-18(11)12/h1-6H,15H2. The molecule has 0 spiro atoms. The molecular formula is C12H8Cl2N4. The number of fused-ring (bicyclic) bond motifs is 1. The number of anilines is 1. The summed E-state index contributed by atoms with van der Waals surface area (Å²) in [7, 11) is 0. The fraction of sp³-hybridized carbons (Fsp3) is 0. The van der Waals surface area contributed by atoms with Gasteiger partial charge in [0.05, 0.1) is 10.7 Å². The van der Waals surface area contributed by atoms with Gasteiger partial charge in [0.15, 0.2) is 11.5 Å². The first kappa shape index (κ1) is 11.3. The normalized spacial score (nSPS) is 11.0. The maximum absolute atomic E-state index is 5.97.